The average molecular weight is 292 g/mol. The molecule has 0 aromatic carbocycles. The third-order valence-electron chi connectivity index (χ3n) is 1.15. The van der Waals surface area contributed by atoms with Crippen LogP contribution in [-0.4, -0.2) is 77.3 Å². The highest BCUT2D eigenvalue weighted by Gasteiger charge is 2.08. The Morgan fingerprint density at radius 2 is 1.00 bits per heavy atom. The number of carboxylic acid groups (broad SMARTS) is 2. The largest absolute Gasteiger partial charge is 0.549 e. The van der Waals surface area contributed by atoms with Gasteiger partial charge in [-0.2, -0.15) is 0 Å². The van der Waals surface area contributed by atoms with Crippen LogP contribution in [0.5, 0.6) is 0 Å². The molecule has 0 radical (unpaired) electrons. The Kier molecular flexibility index (Phi) is 12.7. The molecule has 0 amide bonds. The second kappa shape index (κ2) is 10.6. The van der Waals surface area contributed by atoms with Crippen molar-refractivity contribution in [2.24, 2.45) is 5.92 Å². The van der Waals surface area contributed by atoms with Crippen molar-refractivity contribution in [1.29, 1.82) is 0 Å². The molecule has 0 rings (SSSR count). The van der Waals surface area contributed by atoms with Crippen molar-refractivity contribution in [2.75, 3.05) is 56.4 Å². The van der Waals surface area contributed by atoms with Crippen LogP contribution in [0.4, 0.5) is 0 Å². The van der Waals surface area contributed by atoms with Gasteiger partial charge in [-0.25, -0.2) is 0 Å². The van der Waals surface area contributed by atoms with Crippen LogP contribution < -0.4 is 10.2 Å². The molecule has 0 aliphatic rings. The second-order valence-electron chi connectivity index (χ2n) is 7.35. The molecule has 0 unspecified atom stereocenters. The van der Waals surface area contributed by atoms with E-state index >= 15 is 0 Å². The number of hydrogen-bond donors (Lipinski definition) is 0. The lowest BCUT2D eigenvalue weighted by Crippen LogP contribution is -2.43. The summed E-state index contributed by atoms with van der Waals surface area (Å²) in [4.78, 5) is 20.0. The van der Waals surface area contributed by atoms with E-state index in [1.54, 1.807) is 6.92 Å². The minimum Gasteiger partial charge on any atom is -0.549 e. The molecule has 0 N–H and O–H groups in total. The summed E-state index contributed by atoms with van der Waals surface area (Å²) in [5.41, 5.74) is 0. The van der Waals surface area contributed by atoms with Gasteiger partial charge >= 0.3 is 0 Å². The van der Waals surface area contributed by atoms with Crippen LogP contribution >= 0.6 is 0 Å². The minimum atomic E-state index is -1.57. The van der Waals surface area contributed by atoms with E-state index in [1.165, 1.54) is 0 Å². The molecule has 122 valence electrons. The molecule has 0 aromatic heterocycles. The topological polar surface area (TPSA) is 80.3 Å². The van der Waals surface area contributed by atoms with Crippen LogP contribution in [0, 0.1) is 5.92 Å². The van der Waals surface area contributed by atoms with Crippen LogP contribution in [0.2, 0.25) is 0 Å². The van der Waals surface area contributed by atoms with Crippen molar-refractivity contribution < 1.29 is 28.8 Å². The quantitative estimate of drug-likeness (QED) is 0.469. The fourth-order valence-corrected chi connectivity index (χ4v) is 0.621. The number of nitrogens with zero attached hydrogens (tertiary/aromatic N) is 2. The fourth-order valence-electron chi connectivity index (χ4n) is 0.621. The van der Waals surface area contributed by atoms with Crippen molar-refractivity contribution in [3.63, 3.8) is 0 Å². The number of aliphatic carboxylic acids is 2. The maximum atomic E-state index is 10.00. The van der Waals surface area contributed by atoms with Gasteiger partial charge in [0.2, 0.25) is 0 Å². The molecule has 0 heterocycles. The standard InChI is InChI=1S/C6H10O4.2C4H12N/c1-2-3-4(5(7)8)6(9)10;2*1-5(2,3)4/h4H,2-3H2,1H3,(H,7,8)(H,9,10);2*1-4H3/q;2*+1/p-2. The second-order valence-corrected chi connectivity index (χ2v) is 7.35. The highest BCUT2D eigenvalue weighted by molar-refractivity contribution is 5.90. The van der Waals surface area contributed by atoms with Crippen molar-refractivity contribution >= 4 is 11.9 Å². The van der Waals surface area contributed by atoms with Crippen LogP contribution in [0.25, 0.3) is 0 Å². The van der Waals surface area contributed by atoms with Crippen molar-refractivity contribution in [3.8, 4) is 0 Å². The van der Waals surface area contributed by atoms with Gasteiger partial charge in [-0.1, -0.05) is 13.3 Å². The fraction of sp³-hybridized carbons (Fsp3) is 0.857. The predicted molar refractivity (Wildman–Crippen MR) is 76.3 cm³/mol. The molecule has 0 atom stereocenters. The van der Waals surface area contributed by atoms with Crippen LogP contribution in [0.1, 0.15) is 19.8 Å². The number of rotatable bonds is 4. The molecule has 0 spiro atoms. The van der Waals surface area contributed by atoms with Gasteiger partial charge in [0, 0.05) is 5.92 Å². The van der Waals surface area contributed by atoms with E-state index in [4.69, 9.17) is 0 Å². The molecule has 20 heavy (non-hydrogen) atoms. The van der Waals surface area contributed by atoms with Crippen molar-refractivity contribution in [2.45, 2.75) is 19.8 Å². The third-order valence-corrected chi connectivity index (χ3v) is 1.15. The van der Waals surface area contributed by atoms with Crippen LogP contribution in [0.15, 0.2) is 0 Å². The number of carboxylic acids is 2. The van der Waals surface area contributed by atoms with Gasteiger partial charge in [0.1, 0.15) is 0 Å². The zero-order valence-electron chi connectivity index (χ0n) is 14.5. The molecular weight excluding hydrogens is 260 g/mol. The third kappa shape index (κ3) is 43.6. The molecule has 0 aromatic rings. The van der Waals surface area contributed by atoms with Gasteiger partial charge in [0.05, 0.1) is 68.3 Å². The summed E-state index contributed by atoms with van der Waals surface area (Å²) in [6.45, 7) is 1.69. The normalized spacial score (nSPS) is 10.9. The summed E-state index contributed by atoms with van der Waals surface area (Å²) >= 11 is 0. The molecule has 0 aliphatic carbocycles. The SMILES string of the molecule is CCCC(C(=O)[O-])C(=O)[O-].C[N+](C)(C)C.C[N+](C)(C)C. The van der Waals surface area contributed by atoms with E-state index in [0.29, 0.717) is 6.42 Å². The molecule has 0 saturated carbocycles. The lowest BCUT2D eigenvalue weighted by molar-refractivity contribution is -0.849. The van der Waals surface area contributed by atoms with Crippen LogP contribution in [0.3, 0.4) is 0 Å². The first-order valence-electron chi connectivity index (χ1n) is 6.59. The molecule has 0 fully saturated rings. The van der Waals surface area contributed by atoms with E-state index in [0.717, 1.165) is 8.97 Å². The summed E-state index contributed by atoms with van der Waals surface area (Å²) in [7, 11) is 17.0. The molecule has 6 nitrogen and oxygen atoms in total. The molecule has 0 saturated heterocycles. The van der Waals surface area contributed by atoms with E-state index in [1.807, 2.05) is 0 Å². The highest BCUT2D eigenvalue weighted by Crippen LogP contribution is 2.02. The number of carbonyl (C=O) groups is 2. The number of quaternary nitrogens is 2. The maximum absolute atomic E-state index is 10.00. The Labute approximate surface area is 123 Å². The summed E-state index contributed by atoms with van der Waals surface area (Å²) in [5, 5.41) is 20.0. The average Bonchev–Trinajstić information content (AvgIpc) is 2.07. The predicted octanol–water partition coefficient (Wildman–Crippen LogP) is -1.45. The minimum absolute atomic E-state index is 0.0741. The van der Waals surface area contributed by atoms with Gasteiger partial charge < -0.3 is 28.8 Å². The first kappa shape index (κ1) is 23.9. The summed E-state index contributed by atoms with van der Waals surface area (Å²) in [6.07, 6.45) is 0.567. The zero-order chi connectivity index (χ0) is 17.1. The summed E-state index contributed by atoms with van der Waals surface area (Å²) in [6, 6.07) is 0. The summed E-state index contributed by atoms with van der Waals surface area (Å²) < 4.78 is 2.00. The van der Waals surface area contributed by atoms with Gasteiger partial charge in [-0.05, 0) is 6.42 Å². The molecule has 6 heteroatoms. The van der Waals surface area contributed by atoms with Gasteiger partial charge in [0.15, 0.2) is 0 Å². The van der Waals surface area contributed by atoms with E-state index in [-0.39, 0.29) is 6.42 Å². The van der Waals surface area contributed by atoms with Crippen molar-refractivity contribution in [1.82, 2.24) is 0 Å². The van der Waals surface area contributed by atoms with Crippen LogP contribution in [-0.2, 0) is 9.59 Å². The zero-order valence-corrected chi connectivity index (χ0v) is 14.5. The Balaban J connectivity index is -0.000000244. The lowest BCUT2D eigenvalue weighted by atomic mass is 10.1. The van der Waals surface area contributed by atoms with E-state index < -0.39 is 17.9 Å². The van der Waals surface area contributed by atoms with Gasteiger partial charge in [-0.3, -0.25) is 0 Å². The molecular formula is C14H32N2O4. The number of hydrogen-bond acceptors (Lipinski definition) is 4. The first-order valence-corrected chi connectivity index (χ1v) is 6.59. The lowest BCUT2D eigenvalue weighted by Gasteiger charge is -2.17. The smallest absolute Gasteiger partial charge is 0.0675 e. The monoisotopic (exact) mass is 292 g/mol. The maximum Gasteiger partial charge on any atom is 0.0675 e. The first-order chi connectivity index (χ1) is 8.59. The Morgan fingerprint density at radius 1 is 0.800 bits per heavy atom. The molecule has 0 aliphatic heterocycles. The Morgan fingerprint density at radius 3 is 1.05 bits per heavy atom. The molecule has 0 bridgehead atoms. The number of carbonyl (C=O) groups excluding carboxylic acids is 2. The van der Waals surface area contributed by atoms with Gasteiger partial charge in [0.25, 0.3) is 0 Å². The van der Waals surface area contributed by atoms with E-state index in [2.05, 4.69) is 56.4 Å². The van der Waals surface area contributed by atoms with Crippen molar-refractivity contribution in [3.05, 3.63) is 0 Å². The Hall–Kier alpha value is -1.14. The van der Waals surface area contributed by atoms with E-state index in [9.17, 15) is 19.8 Å². The summed E-state index contributed by atoms with van der Waals surface area (Å²) in [5.74, 6) is -4.59. The Bertz CT molecular complexity index is 240. The highest BCUT2D eigenvalue weighted by atomic mass is 16.4. The van der Waals surface area contributed by atoms with Gasteiger partial charge in [-0.15, -0.1) is 0 Å².